The second-order valence-corrected chi connectivity index (χ2v) is 8.25. The van der Waals surface area contributed by atoms with Crippen LogP contribution in [0.3, 0.4) is 0 Å². The predicted molar refractivity (Wildman–Crippen MR) is 134 cm³/mol. The smallest absolute Gasteiger partial charge is 0.320 e. The van der Waals surface area contributed by atoms with Crippen LogP contribution in [0.1, 0.15) is 13.3 Å². The highest BCUT2D eigenvalue weighted by Gasteiger charge is 2.19. The molecule has 1 aromatic heterocycles. The van der Waals surface area contributed by atoms with E-state index >= 15 is 0 Å². The van der Waals surface area contributed by atoms with Crippen molar-refractivity contribution >= 4 is 32.3 Å². The number of benzene rings is 5. The van der Waals surface area contributed by atoms with Crippen LogP contribution in [0.25, 0.3) is 55.1 Å². The van der Waals surface area contributed by atoms with Gasteiger partial charge in [-0.25, -0.2) is 4.98 Å². The summed E-state index contributed by atoms with van der Waals surface area (Å²) in [5.74, 6) is 0.331. The molecule has 1 heterocycles. The summed E-state index contributed by atoms with van der Waals surface area (Å²) in [6.45, 7) is 2.44. The number of aromatic nitrogens is 3. The molecule has 0 aliphatic carbocycles. The summed E-state index contributed by atoms with van der Waals surface area (Å²) >= 11 is 0. The number of hydrogen-bond acceptors (Lipinski definition) is 6. The maximum absolute atomic E-state index is 10.4. The fraction of sp³-hybridized carbons (Fsp3) is 0.107. The molecule has 6 nitrogen and oxygen atoms in total. The topological polar surface area (TPSA) is 88.4 Å². The molecule has 34 heavy (non-hydrogen) atoms. The first-order valence-electron chi connectivity index (χ1n) is 11.2. The Kier molecular flexibility index (Phi) is 4.66. The lowest BCUT2D eigenvalue weighted by atomic mass is 9.92. The van der Waals surface area contributed by atoms with E-state index in [1.807, 2.05) is 13.0 Å². The summed E-state index contributed by atoms with van der Waals surface area (Å²) in [5.41, 5.74) is 0.968. The van der Waals surface area contributed by atoms with Gasteiger partial charge in [-0.15, -0.1) is 0 Å². The third kappa shape index (κ3) is 3.15. The second-order valence-electron chi connectivity index (χ2n) is 8.25. The number of hydrogen-bond donors (Lipinski definition) is 2. The first-order chi connectivity index (χ1) is 16.6. The minimum atomic E-state index is -0.117. The Morgan fingerprint density at radius 3 is 2.03 bits per heavy atom. The average Bonchev–Trinajstić information content (AvgIpc) is 2.86. The van der Waals surface area contributed by atoms with Gasteiger partial charge >= 0.3 is 6.01 Å². The van der Waals surface area contributed by atoms with Crippen LogP contribution in [-0.4, -0.2) is 31.8 Å². The van der Waals surface area contributed by atoms with Crippen molar-refractivity contribution in [2.24, 2.45) is 0 Å². The summed E-state index contributed by atoms with van der Waals surface area (Å²) < 4.78 is 5.76. The Bertz CT molecular complexity index is 1640. The zero-order valence-electron chi connectivity index (χ0n) is 18.5. The molecule has 0 bridgehead atoms. The summed E-state index contributed by atoms with van der Waals surface area (Å²) in [6, 6.07) is 23.5. The van der Waals surface area contributed by atoms with Gasteiger partial charge in [-0.1, -0.05) is 61.5 Å². The van der Waals surface area contributed by atoms with Gasteiger partial charge in [0.1, 0.15) is 17.1 Å². The minimum absolute atomic E-state index is 0.117. The van der Waals surface area contributed by atoms with Gasteiger partial charge in [-0.05, 0) is 56.9 Å². The highest BCUT2D eigenvalue weighted by atomic mass is 16.5. The number of phenolic OH excluding ortho intramolecular Hbond substituents is 2. The van der Waals surface area contributed by atoms with Crippen molar-refractivity contribution in [1.29, 1.82) is 0 Å². The summed E-state index contributed by atoms with van der Waals surface area (Å²) in [7, 11) is 0. The zero-order chi connectivity index (χ0) is 23.2. The third-order valence-corrected chi connectivity index (χ3v) is 6.06. The van der Waals surface area contributed by atoms with Crippen LogP contribution in [0.2, 0.25) is 0 Å². The van der Waals surface area contributed by atoms with Crippen molar-refractivity contribution in [2.45, 2.75) is 13.3 Å². The van der Waals surface area contributed by atoms with Crippen molar-refractivity contribution in [3.8, 4) is 40.3 Å². The number of phenols is 2. The van der Waals surface area contributed by atoms with E-state index in [9.17, 15) is 10.2 Å². The molecule has 0 unspecified atom stereocenters. The van der Waals surface area contributed by atoms with Gasteiger partial charge in [0.2, 0.25) is 0 Å². The molecule has 0 amide bonds. The lowest BCUT2D eigenvalue weighted by molar-refractivity contribution is 0.292. The Morgan fingerprint density at radius 1 is 0.676 bits per heavy atom. The fourth-order valence-corrected chi connectivity index (χ4v) is 4.53. The molecule has 166 valence electrons. The van der Waals surface area contributed by atoms with E-state index < -0.39 is 0 Å². The van der Waals surface area contributed by atoms with Gasteiger partial charge in [-0.2, -0.15) is 9.97 Å². The van der Waals surface area contributed by atoms with Crippen LogP contribution in [0, 0.1) is 0 Å². The Hall–Kier alpha value is -4.45. The van der Waals surface area contributed by atoms with Crippen molar-refractivity contribution in [2.75, 3.05) is 6.61 Å². The van der Waals surface area contributed by atoms with E-state index in [1.165, 1.54) is 28.3 Å². The van der Waals surface area contributed by atoms with Crippen molar-refractivity contribution < 1.29 is 14.9 Å². The van der Waals surface area contributed by atoms with Crippen LogP contribution < -0.4 is 4.74 Å². The number of ether oxygens (including phenoxy) is 1. The first kappa shape index (κ1) is 20.2. The van der Waals surface area contributed by atoms with E-state index in [4.69, 9.17) is 4.74 Å². The normalized spacial score (nSPS) is 11.6. The largest absolute Gasteiger partial charge is 0.507 e. The highest BCUT2D eigenvalue weighted by molar-refractivity contribution is 6.25. The standard InChI is InChI=1S/C28H21N3O3/c1-2-15-34-28-30-26(29-27(31-28)25-21(32)7-4-8-22(25)33)20-14-12-18-10-9-16-5-3-6-17-11-13-19(20)24(18)23(16)17/h3-14,32-33H,2,15H2,1H3. The SMILES string of the molecule is CCCOc1nc(-c2c(O)cccc2O)nc(-c2ccc3ccc4cccc5ccc2c3c45)n1. The molecule has 5 aromatic carbocycles. The van der Waals surface area contributed by atoms with Gasteiger partial charge in [0.05, 0.1) is 6.61 Å². The van der Waals surface area contributed by atoms with Crippen LogP contribution in [-0.2, 0) is 0 Å². The number of rotatable bonds is 5. The molecule has 6 heteroatoms. The summed E-state index contributed by atoms with van der Waals surface area (Å²) in [4.78, 5) is 13.6. The molecule has 0 spiro atoms. The Morgan fingerprint density at radius 2 is 1.29 bits per heavy atom. The minimum Gasteiger partial charge on any atom is -0.507 e. The van der Waals surface area contributed by atoms with E-state index in [2.05, 4.69) is 63.5 Å². The van der Waals surface area contributed by atoms with Crippen molar-refractivity contribution in [3.05, 3.63) is 72.8 Å². The summed E-state index contributed by atoms with van der Waals surface area (Å²) in [5, 5.41) is 27.7. The molecular weight excluding hydrogens is 426 g/mol. The number of nitrogens with zero attached hydrogens (tertiary/aromatic N) is 3. The third-order valence-electron chi connectivity index (χ3n) is 6.06. The monoisotopic (exact) mass is 447 g/mol. The molecule has 0 saturated heterocycles. The van der Waals surface area contributed by atoms with Crippen LogP contribution in [0.5, 0.6) is 17.5 Å². The van der Waals surface area contributed by atoms with Crippen LogP contribution in [0.4, 0.5) is 0 Å². The number of aromatic hydroxyl groups is 2. The van der Waals surface area contributed by atoms with Gasteiger partial charge in [0.15, 0.2) is 11.6 Å². The average molecular weight is 447 g/mol. The molecule has 0 atom stereocenters. The lowest BCUT2D eigenvalue weighted by Crippen LogP contribution is -2.05. The predicted octanol–water partition coefficient (Wildman–Crippen LogP) is 6.30. The van der Waals surface area contributed by atoms with Gasteiger partial charge < -0.3 is 14.9 Å². The molecule has 0 aliphatic heterocycles. The quantitative estimate of drug-likeness (QED) is 0.301. The van der Waals surface area contributed by atoms with Crippen molar-refractivity contribution in [1.82, 2.24) is 15.0 Å². The van der Waals surface area contributed by atoms with E-state index in [0.29, 0.717) is 12.4 Å². The Balaban J connectivity index is 1.64. The lowest BCUT2D eigenvalue weighted by Gasteiger charge is -2.14. The summed E-state index contributed by atoms with van der Waals surface area (Å²) in [6.07, 6.45) is 0.789. The van der Waals surface area contributed by atoms with Crippen LogP contribution in [0.15, 0.2) is 72.8 Å². The molecule has 0 radical (unpaired) electrons. The highest BCUT2D eigenvalue weighted by Crippen LogP contribution is 2.40. The van der Waals surface area contributed by atoms with Gasteiger partial charge in [0, 0.05) is 5.56 Å². The van der Waals surface area contributed by atoms with Crippen molar-refractivity contribution in [3.63, 3.8) is 0 Å². The van der Waals surface area contributed by atoms with E-state index in [1.54, 1.807) is 6.07 Å². The maximum Gasteiger partial charge on any atom is 0.320 e. The van der Waals surface area contributed by atoms with E-state index in [0.717, 1.165) is 28.1 Å². The van der Waals surface area contributed by atoms with Gasteiger partial charge in [0.25, 0.3) is 0 Å². The molecule has 0 aliphatic rings. The molecule has 2 N–H and O–H groups in total. The molecule has 0 saturated carbocycles. The molecular formula is C28H21N3O3. The first-order valence-corrected chi connectivity index (χ1v) is 11.2. The molecule has 0 fully saturated rings. The molecule has 6 aromatic rings. The second kappa shape index (κ2) is 7.85. The van der Waals surface area contributed by atoms with E-state index in [-0.39, 0.29) is 28.9 Å². The fourth-order valence-electron chi connectivity index (χ4n) is 4.53. The maximum atomic E-state index is 10.4. The molecule has 6 rings (SSSR count). The zero-order valence-corrected chi connectivity index (χ0v) is 18.5. The Labute approximate surface area is 195 Å². The van der Waals surface area contributed by atoms with Crippen LogP contribution >= 0.6 is 0 Å². The van der Waals surface area contributed by atoms with Gasteiger partial charge in [-0.3, -0.25) is 0 Å².